The fourth-order valence-electron chi connectivity index (χ4n) is 0. The summed E-state index contributed by atoms with van der Waals surface area (Å²) in [6.45, 7) is 0. The van der Waals surface area contributed by atoms with E-state index in [0.29, 0.717) is 0 Å². The Morgan fingerprint density at radius 1 is 0.833 bits per heavy atom. The first-order chi connectivity index (χ1) is 1.00. The molecule has 0 saturated carbocycles. The van der Waals surface area contributed by atoms with Crippen molar-refractivity contribution in [3.8, 4) is 0 Å². The van der Waals surface area contributed by atoms with Crippen LogP contribution in [0.1, 0.15) is 0 Å². The molecule has 0 aromatic carbocycles. The van der Waals surface area contributed by atoms with Gasteiger partial charge in [-0.3, -0.25) is 0 Å². The third kappa shape index (κ3) is 48.7. The summed E-state index contributed by atoms with van der Waals surface area (Å²) in [5, 5.41) is 0. The monoisotopic (exact) mass is 298 g/mol. The maximum atomic E-state index is 8.42. The average Bonchev–Trinajstić information content (AvgIpc) is 1.00. The van der Waals surface area contributed by atoms with E-state index in [9.17, 15) is 0 Å². The molecule has 6 heavy (non-hydrogen) atoms. The van der Waals surface area contributed by atoms with Crippen molar-refractivity contribution in [1.82, 2.24) is 0 Å². The van der Waals surface area contributed by atoms with Crippen LogP contribution >= 0.6 is 0 Å². The van der Waals surface area contributed by atoms with Gasteiger partial charge in [0.25, 0.3) is 0 Å². The van der Waals surface area contributed by atoms with Gasteiger partial charge in [0, 0.05) is 27.3 Å². The van der Waals surface area contributed by atoms with E-state index in [0.717, 1.165) is 0 Å². The summed E-state index contributed by atoms with van der Waals surface area (Å²) in [5.41, 5.74) is 0. The SMILES string of the molecule is O.O.O.[Cd].[O]=[Cd]. The van der Waals surface area contributed by atoms with E-state index < -0.39 is 0 Å². The average molecular weight is 295 g/mol. The van der Waals surface area contributed by atoms with Crippen LogP contribution in [0.3, 0.4) is 0 Å². The summed E-state index contributed by atoms with van der Waals surface area (Å²) in [7, 11) is 0. The summed E-state index contributed by atoms with van der Waals surface area (Å²) >= 11 is -0.1000. The van der Waals surface area contributed by atoms with Crippen molar-refractivity contribution in [2.45, 2.75) is 0 Å². The molecule has 0 aliphatic rings. The molecule has 0 aliphatic carbocycles. The molecule has 0 spiro atoms. The summed E-state index contributed by atoms with van der Waals surface area (Å²) in [6, 6.07) is 0. The predicted octanol–water partition coefficient (Wildman–Crippen LogP) is -2.60. The topological polar surface area (TPSA) is 112 Å². The van der Waals surface area contributed by atoms with Crippen LogP contribution in [0.4, 0.5) is 0 Å². The Hall–Kier alpha value is 1.52. The van der Waals surface area contributed by atoms with Crippen LogP contribution in [0.25, 0.3) is 0 Å². The first kappa shape index (κ1) is 50.3. The van der Waals surface area contributed by atoms with Crippen molar-refractivity contribution in [3.63, 3.8) is 0 Å². The fraction of sp³-hybridized carbons (Fsp3) is 0. The van der Waals surface area contributed by atoms with Gasteiger partial charge in [-0.2, -0.15) is 0 Å². The van der Waals surface area contributed by atoms with Crippen molar-refractivity contribution in [1.29, 1.82) is 0 Å². The minimum atomic E-state index is -0.1000. The molecule has 6 heteroatoms. The van der Waals surface area contributed by atoms with Gasteiger partial charge >= 0.3 is 28.5 Å². The van der Waals surface area contributed by atoms with Gasteiger partial charge in [-0.05, 0) is 0 Å². The Morgan fingerprint density at radius 2 is 0.833 bits per heavy atom. The maximum absolute atomic E-state index is 8.42. The standard InChI is InChI=1S/2Cd.3H2O.O/h;;3*1H2;. The fourth-order valence-corrected chi connectivity index (χ4v) is 0. The van der Waals surface area contributed by atoms with Gasteiger partial charge in [-0.15, -0.1) is 0 Å². The van der Waals surface area contributed by atoms with Crippen LogP contribution in [-0.2, 0) is 55.8 Å². The normalized spacial score (nSPS) is 1.00. The number of hydrogen-bond donors (Lipinski definition) is 0. The van der Waals surface area contributed by atoms with Gasteiger partial charge in [0.05, 0.1) is 0 Å². The third-order valence-electron chi connectivity index (χ3n) is 0. The molecule has 0 heterocycles. The molecule has 4 nitrogen and oxygen atoms in total. The Balaban J connectivity index is -0.000000000833. The van der Waals surface area contributed by atoms with E-state index in [2.05, 4.69) is 0 Å². The van der Waals surface area contributed by atoms with Gasteiger partial charge in [0.2, 0.25) is 0 Å². The van der Waals surface area contributed by atoms with E-state index in [1.807, 2.05) is 0 Å². The first-order valence-electron chi connectivity index (χ1n) is 0.289. The van der Waals surface area contributed by atoms with Crippen LogP contribution in [0.2, 0.25) is 0 Å². The molecule has 0 amide bonds. The van der Waals surface area contributed by atoms with Crippen molar-refractivity contribution in [2.24, 2.45) is 0 Å². The van der Waals surface area contributed by atoms with Crippen LogP contribution in [0, 0.1) is 0 Å². The second kappa shape index (κ2) is 85.7. The number of rotatable bonds is 0. The van der Waals surface area contributed by atoms with Gasteiger partial charge in [-0.1, -0.05) is 0 Å². The number of hydrogen-bond acceptors (Lipinski definition) is 1. The van der Waals surface area contributed by atoms with Crippen molar-refractivity contribution in [2.75, 3.05) is 0 Å². The Morgan fingerprint density at radius 3 is 0.833 bits per heavy atom. The Labute approximate surface area is 71.5 Å². The second-order valence-corrected chi connectivity index (χ2v) is 0. The molecule has 34 valence electrons. The van der Waals surface area contributed by atoms with Crippen LogP contribution < -0.4 is 0 Å². The molecule has 0 fully saturated rings. The van der Waals surface area contributed by atoms with Gasteiger partial charge in [-0.25, -0.2) is 0 Å². The summed E-state index contributed by atoms with van der Waals surface area (Å²) < 4.78 is 8.42. The predicted molar refractivity (Wildman–Crippen MR) is 11.5 cm³/mol. The third-order valence-corrected chi connectivity index (χ3v) is 0. The zero-order valence-corrected chi connectivity index (χ0v) is 11.4. The van der Waals surface area contributed by atoms with Gasteiger partial charge in [0.1, 0.15) is 0 Å². The van der Waals surface area contributed by atoms with Crippen molar-refractivity contribution < 1.29 is 72.2 Å². The van der Waals surface area contributed by atoms with E-state index in [1.54, 1.807) is 0 Å². The van der Waals surface area contributed by atoms with E-state index >= 15 is 0 Å². The Kier molecular flexibility index (Phi) is 718. The van der Waals surface area contributed by atoms with Crippen LogP contribution in [-0.4, -0.2) is 16.4 Å². The van der Waals surface area contributed by atoms with E-state index in [4.69, 9.17) is 2.69 Å². The molecule has 0 radical (unpaired) electrons. The molecule has 6 N–H and O–H groups in total. The molecule has 0 aromatic heterocycles. The molecule has 0 aromatic rings. The summed E-state index contributed by atoms with van der Waals surface area (Å²) in [4.78, 5) is 0. The van der Waals surface area contributed by atoms with Gasteiger partial charge in [0.15, 0.2) is 0 Å². The molecular weight excluding hydrogens is 289 g/mol. The minimum absolute atomic E-state index is 0. The van der Waals surface area contributed by atoms with E-state index in [-0.39, 0.29) is 69.5 Å². The zero-order chi connectivity index (χ0) is 2.00. The first-order valence-corrected chi connectivity index (χ1v) is 1.94. The molecule has 0 bridgehead atoms. The molecule has 0 saturated heterocycles. The molecule has 0 unspecified atom stereocenters. The summed E-state index contributed by atoms with van der Waals surface area (Å²) in [5.74, 6) is 0. The Bertz CT molecular complexity index is 5.51. The van der Waals surface area contributed by atoms with Crippen molar-refractivity contribution >= 4 is 0 Å². The zero-order valence-electron chi connectivity index (χ0n) is 3.32. The van der Waals surface area contributed by atoms with Crippen molar-refractivity contribution in [3.05, 3.63) is 0 Å². The summed E-state index contributed by atoms with van der Waals surface area (Å²) in [6.07, 6.45) is 0. The van der Waals surface area contributed by atoms with Gasteiger partial charge < -0.3 is 16.4 Å². The molecule has 0 rings (SSSR count). The quantitative estimate of drug-likeness (QED) is 0.448. The van der Waals surface area contributed by atoms with E-state index in [1.165, 1.54) is 0 Å². The molecular formula is H6Cd2O4. The molecule has 0 atom stereocenters. The van der Waals surface area contributed by atoms with Crippen LogP contribution in [0.15, 0.2) is 0 Å². The van der Waals surface area contributed by atoms with Crippen LogP contribution in [0.5, 0.6) is 0 Å². The molecule has 0 aliphatic heterocycles. The second-order valence-electron chi connectivity index (χ2n) is 0.